The van der Waals surface area contributed by atoms with Gasteiger partial charge in [-0.25, -0.2) is 4.98 Å². The predicted octanol–water partition coefficient (Wildman–Crippen LogP) is 2.02. The Kier molecular flexibility index (Phi) is 7.28. The van der Waals surface area contributed by atoms with Gasteiger partial charge in [-0.1, -0.05) is 24.3 Å². The van der Waals surface area contributed by atoms with E-state index in [0.717, 1.165) is 57.7 Å². The summed E-state index contributed by atoms with van der Waals surface area (Å²) in [4.78, 5) is 11.2. The summed E-state index contributed by atoms with van der Waals surface area (Å²) < 4.78 is 7.63. The first-order valence-corrected chi connectivity index (χ1v) is 10.3. The van der Waals surface area contributed by atoms with Crippen LogP contribution in [-0.4, -0.2) is 65.8 Å². The molecule has 0 aliphatic carbocycles. The molecule has 2 N–H and O–H groups in total. The maximum absolute atomic E-state index is 5.48. The monoisotopic (exact) mass is 398 g/mol. The summed E-state index contributed by atoms with van der Waals surface area (Å²) in [6.07, 6.45) is 3.86. The lowest BCUT2D eigenvalue weighted by Gasteiger charge is -2.41. The van der Waals surface area contributed by atoms with Crippen LogP contribution in [0.1, 0.15) is 30.8 Å². The maximum Gasteiger partial charge on any atom is 0.191 e. The Hall–Kier alpha value is -2.38. The lowest BCUT2D eigenvalue weighted by molar-refractivity contribution is -0.00834. The van der Waals surface area contributed by atoms with Crippen LogP contribution >= 0.6 is 0 Å². The van der Waals surface area contributed by atoms with E-state index in [1.165, 1.54) is 11.1 Å². The first-order valence-electron chi connectivity index (χ1n) is 10.3. The van der Waals surface area contributed by atoms with Crippen molar-refractivity contribution >= 4 is 5.96 Å². The molecule has 0 bridgehead atoms. The van der Waals surface area contributed by atoms with Crippen molar-refractivity contribution in [3.63, 3.8) is 0 Å². The number of hydrogen-bond donors (Lipinski definition) is 2. The SMILES string of the molecule is CN=C(NCc1cccc(Cn2ccnc2C)c1)NCC(C)(C)N1CCOCC1. The Morgan fingerprint density at radius 3 is 2.66 bits per heavy atom. The van der Waals surface area contributed by atoms with E-state index in [0.29, 0.717) is 0 Å². The van der Waals surface area contributed by atoms with Crippen LogP contribution in [0.2, 0.25) is 0 Å². The number of benzene rings is 1. The van der Waals surface area contributed by atoms with Crippen molar-refractivity contribution in [3.05, 3.63) is 53.6 Å². The van der Waals surface area contributed by atoms with E-state index in [2.05, 4.69) is 68.2 Å². The molecule has 1 aromatic carbocycles. The summed E-state index contributed by atoms with van der Waals surface area (Å²) in [6, 6.07) is 8.64. The fourth-order valence-electron chi connectivity index (χ4n) is 3.59. The van der Waals surface area contributed by atoms with Crippen LogP contribution in [0.25, 0.3) is 0 Å². The van der Waals surface area contributed by atoms with Gasteiger partial charge in [0, 0.05) is 57.7 Å². The van der Waals surface area contributed by atoms with Crippen molar-refractivity contribution in [2.45, 2.75) is 39.4 Å². The number of aromatic nitrogens is 2. The minimum Gasteiger partial charge on any atom is -0.379 e. The van der Waals surface area contributed by atoms with Gasteiger partial charge in [0.05, 0.1) is 13.2 Å². The molecule has 1 saturated heterocycles. The van der Waals surface area contributed by atoms with E-state index in [1.54, 1.807) is 0 Å². The van der Waals surface area contributed by atoms with Gasteiger partial charge in [-0.2, -0.15) is 0 Å². The van der Waals surface area contributed by atoms with Crippen LogP contribution < -0.4 is 10.6 Å². The zero-order valence-electron chi connectivity index (χ0n) is 18.1. The Balaban J connectivity index is 1.51. The Bertz CT molecular complexity index is 807. The van der Waals surface area contributed by atoms with E-state index in [1.807, 2.05) is 26.4 Å². The van der Waals surface area contributed by atoms with Gasteiger partial charge in [0.2, 0.25) is 0 Å². The zero-order valence-corrected chi connectivity index (χ0v) is 18.1. The molecule has 1 aliphatic heterocycles. The molecule has 0 spiro atoms. The standard InChI is InChI=1S/C22H34N6O/c1-18-24-8-9-27(18)16-20-7-5-6-19(14-20)15-25-21(23-4)26-17-22(2,3)28-10-12-29-13-11-28/h5-9,14H,10-13,15-17H2,1-4H3,(H2,23,25,26). The van der Waals surface area contributed by atoms with E-state index in [4.69, 9.17) is 4.74 Å². The van der Waals surface area contributed by atoms with Crippen LogP contribution in [0.5, 0.6) is 0 Å². The predicted molar refractivity (Wildman–Crippen MR) is 117 cm³/mol. The second-order valence-electron chi connectivity index (χ2n) is 8.11. The molecular formula is C22H34N6O. The van der Waals surface area contributed by atoms with Gasteiger partial charge in [-0.3, -0.25) is 9.89 Å². The second-order valence-corrected chi connectivity index (χ2v) is 8.11. The molecule has 2 aromatic rings. The number of aliphatic imine (C=N–C) groups is 1. The third kappa shape index (κ3) is 6.05. The van der Waals surface area contributed by atoms with Crippen molar-refractivity contribution in [1.29, 1.82) is 0 Å². The lowest BCUT2D eigenvalue weighted by Crippen LogP contribution is -2.56. The van der Waals surface area contributed by atoms with Gasteiger partial charge in [-0.05, 0) is 31.9 Å². The molecule has 158 valence electrons. The highest BCUT2D eigenvalue weighted by Crippen LogP contribution is 2.15. The summed E-state index contributed by atoms with van der Waals surface area (Å²) in [7, 11) is 1.81. The molecule has 7 heteroatoms. The molecule has 0 radical (unpaired) electrons. The molecule has 1 aromatic heterocycles. The maximum atomic E-state index is 5.48. The van der Waals surface area contributed by atoms with E-state index in [9.17, 15) is 0 Å². The van der Waals surface area contributed by atoms with Crippen molar-refractivity contribution in [3.8, 4) is 0 Å². The summed E-state index contributed by atoms with van der Waals surface area (Å²) in [6.45, 7) is 12.5. The Morgan fingerprint density at radius 1 is 1.21 bits per heavy atom. The number of aryl methyl sites for hydroxylation is 1. The fourth-order valence-corrected chi connectivity index (χ4v) is 3.59. The van der Waals surface area contributed by atoms with Crippen LogP contribution in [0.3, 0.4) is 0 Å². The average molecular weight is 399 g/mol. The quantitative estimate of drug-likeness (QED) is 0.552. The van der Waals surface area contributed by atoms with Crippen LogP contribution in [-0.2, 0) is 17.8 Å². The zero-order chi connectivity index (χ0) is 20.7. The van der Waals surface area contributed by atoms with E-state index < -0.39 is 0 Å². The molecule has 1 fully saturated rings. The van der Waals surface area contributed by atoms with Crippen LogP contribution in [0.15, 0.2) is 41.7 Å². The minimum absolute atomic E-state index is 0.0456. The first-order chi connectivity index (χ1) is 14.0. The van der Waals surface area contributed by atoms with Crippen LogP contribution in [0.4, 0.5) is 0 Å². The number of nitrogens with zero attached hydrogens (tertiary/aromatic N) is 4. The van der Waals surface area contributed by atoms with Gasteiger partial charge in [0.25, 0.3) is 0 Å². The molecule has 0 atom stereocenters. The van der Waals surface area contributed by atoms with Gasteiger partial charge < -0.3 is 19.9 Å². The van der Waals surface area contributed by atoms with Crippen molar-refractivity contribution in [2.75, 3.05) is 39.9 Å². The molecular weight excluding hydrogens is 364 g/mol. The first kappa shape index (κ1) is 21.3. The van der Waals surface area contributed by atoms with Gasteiger partial charge >= 0.3 is 0 Å². The highest BCUT2D eigenvalue weighted by molar-refractivity contribution is 5.79. The normalized spacial score (nSPS) is 16.1. The largest absolute Gasteiger partial charge is 0.379 e. The van der Waals surface area contributed by atoms with E-state index >= 15 is 0 Å². The molecule has 7 nitrogen and oxygen atoms in total. The summed E-state index contributed by atoms with van der Waals surface area (Å²) in [5.41, 5.74) is 2.54. The Morgan fingerprint density at radius 2 is 1.97 bits per heavy atom. The second kappa shape index (κ2) is 9.89. The number of hydrogen-bond acceptors (Lipinski definition) is 4. The lowest BCUT2D eigenvalue weighted by atomic mass is 10.0. The summed E-state index contributed by atoms with van der Waals surface area (Å²) in [5, 5.41) is 6.91. The minimum atomic E-state index is 0.0456. The van der Waals surface area contributed by atoms with E-state index in [-0.39, 0.29) is 5.54 Å². The highest BCUT2D eigenvalue weighted by Gasteiger charge is 2.28. The third-order valence-electron chi connectivity index (χ3n) is 5.51. The number of imidazole rings is 1. The summed E-state index contributed by atoms with van der Waals surface area (Å²) >= 11 is 0. The van der Waals surface area contributed by atoms with Gasteiger partial charge in [-0.15, -0.1) is 0 Å². The van der Waals surface area contributed by atoms with Crippen LogP contribution in [0, 0.1) is 6.92 Å². The number of ether oxygens (including phenoxy) is 1. The number of guanidine groups is 1. The molecule has 2 heterocycles. The van der Waals surface area contributed by atoms with Crippen molar-refractivity contribution < 1.29 is 4.74 Å². The molecule has 3 rings (SSSR count). The van der Waals surface area contributed by atoms with Gasteiger partial charge in [0.1, 0.15) is 5.82 Å². The molecule has 29 heavy (non-hydrogen) atoms. The molecule has 1 aliphatic rings. The van der Waals surface area contributed by atoms with Crippen molar-refractivity contribution in [1.82, 2.24) is 25.1 Å². The molecule has 0 unspecified atom stereocenters. The van der Waals surface area contributed by atoms with Crippen molar-refractivity contribution in [2.24, 2.45) is 4.99 Å². The summed E-state index contributed by atoms with van der Waals surface area (Å²) in [5.74, 6) is 1.85. The number of rotatable bonds is 7. The highest BCUT2D eigenvalue weighted by atomic mass is 16.5. The third-order valence-corrected chi connectivity index (χ3v) is 5.51. The Labute approximate surface area is 174 Å². The van der Waals surface area contributed by atoms with Gasteiger partial charge in [0.15, 0.2) is 5.96 Å². The smallest absolute Gasteiger partial charge is 0.191 e. The molecule has 0 amide bonds. The topological polar surface area (TPSA) is 66.7 Å². The number of nitrogens with one attached hydrogen (secondary N) is 2. The number of morpholine rings is 1. The molecule has 0 saturated carbocycles. The average Bonchev–Trinajstić information content (AvgIpc) is 3.13. The fraction of sp³-hybridized carbons (Fsp3) is 0.545.